The van der Waals surface area contributed by atoms with E-state index in [1.165, 1.54) is 16.8 Å². The highest BCUT2D eigenvalue weighted by molar-refractivity contribution is 5.99. The van der Waals surface area contributed by atoms with E-state index < -0.39 is 40.9 Å². The number of halogens is 2. The molecular formula is C26H34F2N4O4. The maximum Gasteiger partial charge on any atom is 0.276 e. The van der Waals surface area contributed by atoms with Gasteiger partial charge < -0.3 is 19.9 Å². The van der Waals surface area contributed by atoms with Crippen molar-refractivity contribution in [2.75, 3.05) is 19.6 Å². The molecule has 8 nitrogen and oxygen atoms in total. The average Bonchev–Trinajstić information content (AvgIpc) is 2.81. The van der Waals surface area contributed by atoms with Crippen LogP contribution in [0.15, 0.2) is 34.5 Å². The standard InChI is InChI=1S/C26H34F2N4O4/c1-14(2)5-7-30-8-6-16(4)32-21(30)13-31-12-18(23(33)24(34)22(31)26(32)36)25(35)29-11-17-9-15(3)19(27)10-20(17)28/h9-10,12,14-16,19,21,34H,5-8,11,13H2,1-4H3,(H,29,35)/t15?,16-,19?,21-/m0/s1. The number of hydrogen-bond donors (Lipinski definition) is 2. The van der Waals surface area contributed by atoms with Crippen LogP contribution in [0.1, 0.15) is 61.4 Å². The molecule has 0 radical (unpaired) electrons. The summed E-state index contributed by atoms with van der Waals surface area (Å²) in [4.78, 5) is 43.1. The molecule has 1 aromatic rings. The number of rotatable bonds is 6. The Morgan fingerprint density at radius 3 is 2.67 bits per heavy atom. The van der Waals surface area contributed by atoms with E-state index in [0.29, 0.717) is 12.5 Å². The summed E-state index contributed by atoms with van der Waals surface area (Å²) in [6, 6.07) is -0.0537. The van der Waals surface area contributed by atoms with Crippen LogP contribution in [0.5, 0.6) is 5.75 Å². The number of aromatic nitrogens is 1. The van der Waals surface area contributed by atoms with Gasteiger partial charge >= 0.3 is 0 Å². The summed E-state index contributed by atoms with van der Waals surface area (Å²) in [5, 5.41) is 13.2. The lowest BCUT2D eigenvalue weighted by Crippen LogP contribution is -2.63. The van der Waals surface area contributed by atoms with Crippen molar-refractivity contribution in [2.45, 2.75) is 65.5 Å². The molecule has 0 spiro atoms. The van der Waals surface area contributed by atoms with E-state index >= 15 is 0 Å². The van der Waals surface area contributed by atoms with Crippen LogP contribution in [0.4, 0.5) is 8.78 Å². The Morgan fingerprint density at radius 1 is 1.25 bits per heavy atom. The third-order valence-corrected chi connectivity index (χ3v) is 7.36. The molecule has 0 saturated carbocycles. The summed E-state index contributed by atoms with van der Waals surface area (Å²) in [5.41, 5.74) is -1.31. The monoisotopic (exact) mass is 504 g/mol. The van der Waals surface area contributed by atoms with Gasteiger partial charge in [0.2, 0.25) is 5.43 Å². The van der Waals surface area contributed by atoms with Gasteiger partial charge in [-0.2, -0.15) is 0 Å². The highest BCUT2D eigenvalue weighted by atomic mass is 19.1. The van der Waals surface area contributed by atoms with Gasteiger partial charge in [-0.15, -0.1) is 0 Å². The number of carbonyl (C=O) groups excluding carboxylic acids is 2. The van der Waals surface area contributed by atoms with E-state index in [4.69, 9.17) is 0 Å². The Kier molecular flexibility index (Phi) is 7.36. The molecule has 2 N–H and O–H groups in total. The summed E-state index contributed by atoms with van der Waals surface area (Å²) in [6.07, 6.45) is 3.61. The second-order valence-electron chi connectivity index (χ2n) is 10.5. The molecule has 10 heteroatoms. The van der Waals surface area contributed by atoms with Gasteiger partial charge in [-0.05, 0) is 31.8 Å². The van der Waals surface area contributed by atoms with Crippen molar-refractivity contribution in [3.05, 3.63) is 51.2 Å². The number of pyridine rings is 1. The molecule has 1 fully saturated rings. The summed E-state index contributed by atoms with van der Waals surface area (Å²) in [6.45, 7) is 9.52. The smallest absolute Gasteiger partial charge is 0.276 e. The molecule has 2 amide bonds. The molecule has 1 aliphatic carbocycles. The van der Waals surface area contributed by atoms with Gasteiger partial charge in [0.05, 0.1) is 6.54 Å². The van der Waals surface area contributed by atoms with Gasteiger partial charge in [0.15, 0.2) is 11.4 Å². The fraction of sp³-hybridized carbons (Fsp3) is 0.577. The molecule has 2 unspecified atom stereocenters. The van der Waals surface area contributed by atoms with Crippen LogP contribution in [0.2, 0.25) is 0 Å². The first-order chi connectivity index (χ1) is 17.0. The van der Waals surface area contributed by atoms with E-state index in [0.717, 1.165) is 32.0 Å². The second-order valence-corrected chi connectivity index (χ2v) is 10.5. The minimum atomic E-state index is -1.44. The Morgan fingerprint density at radius 2 is 1.97 bits per heavy atom. The SMILES string of the molecule is CC(C)CCN1CC[C@H](C)N2C(=O)c3c(O)c(=O)c(C(=O)NCC4=CC(C)C(F)C=C4F)cn3C[C@@H]12. The lowest BCUT2D eigenvalue weighted by atomic mass is 9.95. The number of amides is 2. The van der Waals surface area contributed by atoms with E-state index in [1.807, 2.05) is 6.92 Å². The Labute approximate surface area is 209 Å². The lowest BCUT2D eigenvalue weighted by molar-refractivity contribution is -0.0338. The number of allylic oxidation sites excluding steroid dienone is 2. The Balaban J connectivity index is 1.60. The van der Waals surface area contributed by atoms with Crippen LogP contribution in [0.3, 0.4) is 0 Å². The Bertz CT molecular complexity index is 1180. The maximum absolute atomic E-state index is 14.1. The quantitative estimate of drug-likeness (QED) is 0.621. The molecule has 0 bridgehead atoms. The zero-order chi connectivity index (χ0) is 26.3. The number of aromatic hydroxyl groups is 1. The lowest BCUT2D eigenvalue weighted by Gasteiger charge is -2.50. The van der Waals surface area contributed by atoms with Crippen molar-refractivity contribution in [2.24, 2.45) is 11.8 Å². The van der Waals surface area contributed by atoms with E-state index in [-0.39, 0.29) is 35.6 Å². The van der Waals surface area contributed by atoms with Gasteiger partial charge in [-0.3, -0.25) is 19.3 Å². The molecule has 0 aromatic carbocycles. The number of hydrogen-bond acceptors (Lipinski definition) is 5. The second kappa shape index (κ2) is 10.2. The van der Waals surface area contributed by atoms with Crippen LogP contribution >= 0.6 is 0 Å². The number of nitrogens with one attached hydrogen (secondary N) is 1. The molecule has 2 aliphatic heterocycles. The third kappa shape index (κ3) is 4.83. The molecule has 3 heterocycles. The molecule has 1 saturated heterocycles. The minimum absolute atomic E-state index is 0.0537. The van der Waals surface area contributed by atoms with Crippen molar-refractivity contribution in [1.82, 2.24) is 19.7 Å². The first-order valence-electron chi connectivity index (χ1n) is 12.5. The van der Waals surface area contributed by atoms with Gasteiger partial charge in [0.1, 0.15) is 23.7 Å². The van der Waals surface area contributed by atoms with Crippen molar-refractivity contribution < 1.29 is 23.5 Å². The predicted molar refractivity (Wildman–Crippen MR) is 131 cm³/mol. The van der Waals surface area contributed by atoms with E-state index in [9.17, 15) is 28.3 Å². The Hall–Kier alpha value is -3.01. The maximum atomic E-state index is 14.1. The fourth-order valence-electron chi connectivity index (χ4n) is 5.11. The molecule has 4 rings (SSSR count). The minimum Gasteiger partial charge on any atom is -0.503 e. The van der Waals surface area contributed by atoms with Crippen molar-refractivity contribution in [1.29, 1.82) is 0 Å². The van der Waals surface area contributed by atoms with Crippen LogP contribution in [-0.4, -0.2) is 69.3 Å². The van der Waals surface area contributed by atoms with E-state index in [2.05, 4.69) is 24.1 Å². The molecule has 1 aromatic heterocycles. The normalized spacial score (nSPS) is 26.3. The number of carbonyl (C=O) groups is 2. The fourth-order valence-corrected chi connectivity index (χ4v) is 5.11. The highest BCUT2D eigenvalue weighted by Crippen LogP contribution is 2.31. The molecule has 4 atom stereocenters. The average molecular weight is 505 g/mol. The van der Waals surface area contributed by atoms with Crippen LogP contribution in [0, 0.1) is 11.8 Å². The zero-order valence-electron chi connectivity index (χ0n) is 21.1. The van der Waals surface area contributed by atoms with Crippen LogP contribution in [0.25, 0.3) is 0 Å². The van der Waals surface area contributed by atoms with Gasteiger partial charge in [-0.1, -0.05) is 26.8 Å². The van der Waals surface area contributed by atoms with E-state index in [1.54, 1.807) is 11.8 Å². The zero-order valence-corrected chi connectivity index (χ0v) is 21.1. The third-order valence-electron chi connectivity index (χ3n) is 7.36. The summed E-state index contributed by atoms with van der Waals surface area (Å²) in [7, 11) is 0. The summed E-state index contributed by atoms with van der Waals surface area (Å²) in [5.74, 6) is -2.82. The van der Waals surface area contributed by atoms with Crippen molar-refractivity contribution in [3.8, 4) is 5.75 Å². The number of fused-ring (bicyclic) bond motifs is 2. The van der Waals surface area contributed by atoms with Gasteiger partial charge in [-0.25, -0.2) is 8.78 Å². The van der Waals surface area contributed by atoms with Crippen molar-refractivity contribution >= 4 is 11.8 Å². The van der Waals surface area contributed by atoms with Gasteiger partial charge in [0.25, 0.3) is 11.8 Å². The van der Waals surface area contributed by atoms with Crippen molar-refractivity contribution in [3.63, 3.8) is 0 Å². The predicted octanol–water partition coefficient (Wildman–Crippen LogP) is 2.97. The van der Waals surface area contributed by atoms with Crippen LogP contribution < -0.4 is 10.7 Å². The first-order valence-corrected chi connectivity index (χ1v) is 12.5. The number of nitrogens with zero attached hydrogens (tertiary/aromatic N) is 3. The summed E-state index contributed by atoms with van der Waals surface area (Å²) >= 11 is 0. The molecular weight excluding hydrogens is 470 g/mol. The van der Waals surface area contributed by atoms with Crippen LogP contribution in [-0.2, 0) is 6.54 Å². The topological polar surface area (TPSA) is 94.9 Å². The highest BCUT2D eigenvalue weighted by Gasteiger charge is 2.43. The first kappa shape index (κ1) is 26.1. The summed E-state index contributed by atoms with van der Waals surface area (Å²) < 4.78 is 29.3. The largest absolute Gasteiger partial charge is 0.503 e. The molecule has 3 aliphatic rings. The number of alkyl halides is 1. The molecule has 36 heavy (non-hydrogen) atoms. The molecule has 196 valence electrons. The van der Waals surface area contributed by atoms with Gasteiger partial charge in [0, 0.05) is 43.4 Å².